The van der Waals surface area contributed by atoms with Gasteiger partial charge in [-0.2, -0.15) is 0 Å². The van der Waals surface area contributed by atoms with E-state index >= 15 is 0 Å². The molecule has 6 heteroatoms. The van der Waals surface area contributed by atoms with Crippen LogP contribution in [-0.2, 0) is 10.1 Å². The van der Waals surface area contributed by atoms with Crippen molar-refractivity contribution in [1.29, 1.82) is 0 Å². The number of unbranched alkanes of at least 4 members (excludes halogenated alkanes) is 3. The SMILES string of the molecule is CCCCCCC(O)CC(CCC)S(=O)(=O)[O-].[Na+]. The molecule has 0 aliphatic carbocycles. The zero-order valence-corrected chi connectivity index (χ0v) is 14.7. The molecule has 0 saturated carbocycles. The predicted octanol–water partition coefficient (Wildman–Crippen LogP) is -0.574. The van der Waals surface area contributed by atoms with Gasteiger partial charge >= 0.3 is 29.6 Å². The monoisotopic (exact) mass is 288 g/mol. The van der Waals surface area contributed by atoms with E-state index < -0.39 is 21.5 Å². The van der Waals surface area contributed by atoms with Crippen LogP contribution >= 0.6 is 0 Å². The van der Waals surface area contributed by atoms with E-state index in [4.69, 9.17) is 0 Å². The van der Waals surface area contributed by atoms with Crippen molar-refractivity contribution >= 4 is 10.1 Å². The Hall–Kier alpha value is 0.870. The summed E-state index contributed by atoms with van der Waals surface area (Å²) in [6.07, 6.45) is 5.22. The zero-order chi connectivity index (χ0) is 13.3. The maximum atomic E-state index is 11.0. The van der Waals surface area contributed by atoms with Gasteiger partial charge in [0.25, 0.3) is 0 Å². The van der Waals surface area contributed by atoms with Crippen LogP contribution in [0.5, 0.6) is 0 Å². The molecule has 1 N–H and O–H groups in total. The summed E-state index contributed by atoms with van der Waals surface area (Å²) in [4.78, 5) is 0. The van der Waals surface area contributed by atoms with E-state index in [9.17, 15) is 18.1 Å². The molecule has 0 fully saturated rings. The molecular weight excluding hydrogens is 263 g/mol. The average molecular weight is 288 g/mol. The van der Waals surface area contributed by atoms with Crippen LogP contribution in [0.25, 0.3) is 0 Å². The van der Waals surface area contributed by atoms with Crippen molar-refractivity contribution < 1.29 is 47.6 Å². The second-order valence-corrected chi connectivity index (χ2v) is 6.29. The molecule has 0 radical (unpaired) electrons. The fourth-order valence-electron chi connectivity index (χ4n) is 1.93. The summed E-state index contributed by atoms with van der Waals surface area (Å²) in [5, 5.41) is 8.78. The number of hydrogen-bond donors (Lipinski definition) is 1. The van der Waals surface area contributed by atoms with Gasteiger partial charge in [0.2, 0.25) is 0 Å². The summed E-state index contributed by atoms with van der Waals surface area (Å²) >= 11 is 0. The fourth-order valence-corrected chi connectivity index (χ4v) is 2.91. The molecule has 0 aliphatic rings. The van der Waals surface area contributed by atoms with Crippen molar-refractivity contribution in [1.82, 2.24) is 0 Å². The number of aliphatic hydroxyl groups is 1. The smallest absolute Gasteiger partial charge is 0.748 e. The van der Waals surface area contributed by atoms with Crippen molar-refractivity contribution in [3.63, 3.8) is 0 Å². The van der Waals surface area contributed by atoms with Gasteiger partial charge in [0, 0.05) is 0 Å². The topological polar surface area (TPSA) is 77.4 Å². The van der Waals surface area contributed by atoms with E-state index in [-0.39, 0.29) is 36.0 Å². The van der Waals surface area contributed by atoms with Crippen LogP contribution in [0.3, 0.4) is 0 Å². The first-order valence-electron chi connectivity index (χ1n) is 6.54. The van der Waals surface area contributed by atoms with Gasteiger partial charge in [-0.15, -0.1) is 0 Å². The van der Waals surface area contributed by atoms with E-state index in [1.54, 1.807) is 0 Å². The summed E-state index contributed by atoms with van der Waals surface area (Å²) in [5.41, 5.74) is 0. The molecule has 2 atom stereocenters. The van der Waals surface area contributed by atoms with E-state index in [1.807, 2.05) is 6.92 Å². The van der Waals surface area contributed by atoms with Gasteiger partial charge in [0.05, 0.1) is 21.5 Å². The van der Waals surface area contributed by atoms with Crippen molar-refractivity contribution in [2.24, 2.45) is 0 Å². The van der Waals surface area contributed by atoms with Crippen LogP contribution in [0.15, 0.2) is 0 Å². The summed E-state index contributed by atoms with van der Waals surface area (Å²) in [6, 6.07) is 0. The van der Waals surface area contributed by atoms with Crippen LogP contribution in [0, 0.1) is 0 Å². The first kappa shape index (κ1) is 21.2. The van der Waals surface area contributed by atoms with Crippen LogP contribution in [0.1, 0.15) is 65.2 Å². The Bertz CT molecular complexity index is 280. The van der Waals surface area contributed by atoms with Gasteiger partial charge in [-0.3, -0.25) is 0 Å². The molecular formula is C12H25NaO4S. The molecule has 18 heavy (non-hydrogen) atoms. The third-order valence-corrected chi connectivity index (χ3v) is 4.19. The molecule has 0 aromatic carbocycles. The fraction of sp³-hybridized carbons (Fsp3) is 1.00. The van der Waals surface area contributed by atoms with Gasteiger partial charge in [0.15, 0.2) is 0 Å². The summed E-state index contributed by atoms with van der Waals surface area (Å²) < 4.78 is 32.9. The maximum Gasteiger partial charge on any atom is 1.00 e. The van der Waals surface area contributed by atoms with Gasteiger partial charge in [-0.1, -0.05) is 46.0 Å². The maximum absolute atomic E-state index is 11.0. The predicted molar refractivity (Wildman–Crippen MR) is 67.8 cm³/mol. The molecule has 0 aromatic rings. The molecule has 104 valence electrons. The Morgan fingerprint density at radius 1 is 1.06 bits per heavy atom. The molecule has 0 spiro atoms. The second-order valence-electron chi connectivity index (χ2n) is 4.64. The largest absolute Gasteiger partial charge is 1.00 e. The van der Waals surface area contributed by atoms with Crippen molar-refractivity contribution in [2.75, 3.05) is 0 Å². The molecule has 0 amide bonds. The van der Waals surface area contributed by atoms with Gasteiger partial charge in [0.1, 0.15) is 0 Å². The van der Waals surface area contributed by atoms with Crippen LogP contribution in [-0.4, -0.2) is 29.4 Å². The Balaban J connectivity index is 0. The Labute approximate surface area is 134 Å². The normalized spacial score (nSPS) is 14.9. The molecule has 0 aliphatic heterocycles. The summed E-state index contributed by atoms with van der Waals surface area (Å²) in [7, 11) is -4.27. The Morgan fingerprint density at radius 2 is 1.67 bits per heavy atom. The summed E-state index contributed by atoms with van der Waals surface area (Å²) in [6.45, 7) is 3.95. The number of hydrogen-bond acceptors (Lipinski definition) is 4. The third kappa shape index (κ3) is 10.8. The van der Waals surface area contributed by atoms with Crippen LogP contribution < -0.4 is 29.6 Å². The first-order chi connectivity index (χ1) is 7.91. The minimum Gasteiger partial charge on any atom is -0.748 e. The van der Waals surface area contributed by atoms with E-state index in [0.29, 0.717) is 19.3 Å². The van der Waals surface area contributed by atoms with E-state index in [2.05, 4.69) is 6.92 Å². The molecule has 0 aromatic heterocycles. The summed E-state index contributed by atoms with van der Waals surface area (Å²) in [5.74, 6) is 0. The van der Waals surface area contributed by atoms with Crippen LogP contribution in [0.4, 0.5) is 0 Å². The van der Waals surface area contributed by atoms with E-state index in [0.717, 1.165) is 25.7 Å². The van der Waals surface area contributed by atoms with Crippen molar-refractivity contribution in [3.8, 4) is 0 Å². The first-order valence-corrected chi connectivity index (χ1v) is 8.01. The molecule has 4 nitrogen and oxygen atoms in total. The minimum absolute atomic E-state index is 0. The van der Waals surface area contributed by atoms with Gasteiger partial charge in [-0.05, 0) is 19.3 Å². The molecule has 0 rings (SSSR count). The second kappa shape index (κ2) is 11.7. The quantitative estimate of drug-likeness (QED) is 0.332. The van der Waals surface area contributed by atoms with Gasteiger partial charge < -0.3 is 9.66 Å². The van der Waals surface area contributed by atoms with E-state index in [1.165, 1.54) is 0 Å². The molecule has 0 bridgehead atoms. The standard InChI is InChI=1S/C12H26O4S.Na/c1-3-5-6-7-9-11(13)10-12(8-4-2)17(14,15)16;/h11-13H,3-10H2,1-2H3,(H,14,15,16);/q;+1/p-1. The zero-order valence-electron chi connectivity index (χ0n) is 11.9. The van der Waals surface area contributed by atoms with Crippen molar-refractivity contribution in [2.45, 2.75) is 76.6 Å². The minimum atomic E-state index is -4.27. The molecule has 0 heterocycles. The number of aliphatic hydroxyl groups excluding tert-OH is 1. The molecule has 0 saturated heterocycles. The average Bonchev–Trinajstić information content (AvgIpc) is 2.22. The Morgan fingerprint density at radius 3 is 2.11 bits per heavy atom. The third-order valence-electron chi connectivity index (χ3n) is 2.94. The van der Waals surface area contributed by atoms with Crippen LogP contribution in [0.2, 0.25) is 0 Å². The number of rotatable bonds is 10. The molecule has 2 unspecified atom stereocenters. The Kier molecular flexibility index (Phi) is 13.7. The van der Waals surface area contributed by atoms with Gasteiger partial charge in [-0.25, -0.2) is 8.42 Å². The van der Waals surface area contributed by atoms with Crippen molar-refractivity contribution in [3.05, 3.63) is 0 Å².